The number of nitrogens with one attached hydrogen (secondary N) is 1. The molecule has 0 radical (unpaired) electrons. The predicted molar refractivity (Wildman–Crippen MR) is 92.4 cm³/mol. The number of aromatic nitrogens is 2. The smallest absolute Gasteiger partial charge is 0.227 e. The van der Waals surface area contributed by atoms with Gasteiger partial charge in [0.25, 0.3) is 0 Å². The van der Waals surface area contributed by atoms with E-state index in [2.05, 4.69) is 10.2 Å². The van der Waals surface area contributed by atoms with Gasteiger partial charge in [-0.1, -0.05) is 37.3 Å². The Bertz CT molecular complexity index is 627. The number of hydrogen-bond acceptors (Lipinski definition) is 3. The molecule has 1 aromatic carbocycles. The van der Waals surface area contributed by atoms with Gasteiger partial charge in [-0.3, -0.25) is 9.89 Å². The summed E-state index contributed by atoms with van der Waals surface area (Å²) >= 11 is 0. The number of rotatable bonds is 6. The monoisotopic (exact) mass is 327 g/mol. The zero-order valence-electron chi connectivity index (χ0n) is 14.1. The van der Waals surface area contributed by atoms with E-state index < -0.39 is 0 Å². The molecule has 2 atom stereocenters. The molecular weight excluding hydrogens is 302 g/mol. The Kier molecular flexibility index (Phi) is 5.64. The third-order valence-electron chi connectivity index (χ3n) is 4.60. The molecule has 1 saturated heterocycles. The summed E-state index contributed by atoms with van der Waals surface area (Å²) in [5.74, 6) is 0.434. The number of carbonyl (C=O) groups is 1. The molecule has 1 N–H and O–H groups in total. The van der Waals surface area contributed by atoms with E-state index in [4.69, 9.17) is 4.74 Å². The maximum atomic E-state index is 12.7. The van der Waals surface area contributed by atoms with Crippen LogP contribution in [0.1, 0.15) is 36.9 Å². The minimum absolute atomic E-state index is 0.116. The van der Waals surface area contributed by atoms with E-state index in [1.54, 1.807) is 6.20 Å². The van der Waals surface area contributed by atoms with Crippen LogP contribution in [0, 0.1) is 5.92 Å². The fourth-order valence-corrected chi connectivity index (χ4v) is 3.24. The summed E-state index contributed by atoms with van der Waals surface area (Å²) < 4.78 is 5.73. The molecule has 0 saturated carbocycles. The first-order chi connectivity index (χ1) is 11.7. The molecule has 2 heterocycles. The van der Waals surface area contributed by atoms with Gasteiger partial charge in [-0.2, -0.15) is 5.10 Å². The highest BCUT2D eigenvalue weighted by atomic mass is 16.5. The van der Waals surface area contributed by atoms with Gasteiger partial charge in [0.1, 0.15) is 0 Å². The highest BCUT2D eigenvalue weighted by molar-refractivity contribution is 5.78. The van der Waals surface area contributed by atoms with Crippen molar-refractivity contribution in [3.8, 4) is 0 Å². The Morgan fingerprint density at radius 1 is 1.38 bits per heavy atom. The van der Waals surface area contributed by atoms with Crippen LogP contribution in [0.15, 0.2) is 42.6 Å². The van der Waals surface area contributed by atoms with Crippen LogP contribution in [0.4, 0.5) is 0 Å². The summed E-state index contributed by atoms with van der Waals surface area (Å²) in [6, 6.07) is 12.1. The number of nitrogens with zero attached hydrogens (tertiary/aromatic N) is 2. The molecule has 1 aromatic heterocycles. The molecule has 1 fully saturated rings. The number of likely N-dealkylation sites (tertiary alicyclic amines) is 1. The average Bonchev–Trinajstić information content (AvgIpc) is 3.17. The molecule has 5 nitrogen and oxygen atoms in total. The zero-order chi connectivity index (χ0) is 16.8. The number of hydrogen-bond donors (Lipinski definition) is 1. The summed E-state index contributed by atoms with van der Waals surface area (Å²) in [5.41, 5.74) is 2.26. The zero-order valence-corrected chi connectivity index (χ0v) is 14.1. The number of amides is 1. The van der Waals surface area contributed by atoms with Crippen LogP contribution in [-0.2, 0) is 16.1 Å². The van der Waals surface area contributed by atoms with Crippen LogP contribution in [0.2, 0.25) is 0 Å². The number of aromatic amines is 1. The van der Waals surface area contributed by atoms with E-state index in [9.17, 15) is 4.79 Å². The van der Waals surface area contributed by atoms with Crippen molar-refractivity contribution in [1.82, 2.24) is 15.1 Å². The summed E-state index contributed by atoms with van der Waals surface area (Å²) in [6.45, 7) is 4.57. The van der Waals surface area contributed by atoms with Gasteiger partial charge in [0.05, 0.1) is 19.1 Å². The molecule has 1 aliphatic rings. The molecular formula is C19H25N3O2. The van der Waals surface area contributed by atoms with Gasteiger partial charge >= 0.3 is 0 Å². The maximum Gasteiger partial charge on any atom is 0.227 e. The lowest BCUT2D eigenvalue weighted by Gasteiger charge is -2.33. The molecule has 0 spiro atoms. The SMILES string of the molecule is C[C@H](COCc1ccccc1)C(=O)N1CCC[C@@H](c2ccn[nH]2)C1. The van der Waals surface area contributed by atoms with Gasteiger partial charge < -0.3 is 9.64 Å². The van der Waals surface area contributed by atoms with Crippen molar-refractivity contribution >= 4 is 5.91 Å². The highest BCUT2D eigenvalue weighted by Gasteiger charge is 2.28. The first kappa shape index (κ1) is 16.7. The second-order valence-electron chi connectivity index (χ2n) is 6.54. The molecule has 0 aliphatic carbocycles. The number of carbonyl (C=O) groups excluding carboxylic acids is 1. The largest absolute Gasteiger partial charge is 0.376 e. The Labute approximate surface area is 143 Å². The second kappa shape index (κ2) is 8.11. The Hall–Kier alpha value is -2.14. The van der Waals surface area contributed by atoms with E-state index in [-0.39, 0.29) is 11.8 Å². The number of ether oxygens (including phenoxy) is 1. The van der Waals surface area contributed by atoms with Crippen molar-refractivity contribution in [2.24, 2.45) is 5.92 Å². The van der Waals surface area contributed by atoms with Crippen LogP contribution in [0.3, 0.4) is 0 Å². The lowest BCUT2D eigenvalue weighted by Crippen LogP contribution is -2.42. The standard InChI is InChI=1S/C19H25N3O2/c1-15(13-24-14-16-6-3-2-4-7-16)19(23)22-11-5-8-17(12-22)18-9-10-20-21-18/h2-4,6-7,9-10,15,17H,5,8,11-14H2,1H3,(H,20,21)/t15-,17-/m1/s1. The molecule has 5 heteroatoms. The van der Waals surface area contributed by atoms with Gasteiger partial charge in [0.2, 0.25) is 5.91 Å². The molecule has 2 aromatic rings. The number of benzene rings is 1. The number of piperidine rings is 1. The normalized spacial score (nSPS) is 19.2. The number of H-pyrrole nitrogens is 1. The van der Waals surface area contributed by atoms with Crippen LogP contribution in [-0.4, -0.2) is 40.7 Å². The minimum atomic E-state index is -0.116. The van der Waals surface area contributed by atoms with Crippen LogP contribution in [0.5, 0.6) is 0 Å². The predicted octanol–water partition coefficient (Wildman–Crippen LogP) is 2.97. The lowest BCUT2D eigenvalue weighted by atomic mass is 9.94. The third kappa shape index (κ3) is 4.23. The van der Waals surface area contributed by atoms with Crippen molar-refractivity contribution in [2.75, 3.05) is 19.7 Å². The molecule has 0 bridgehead atoms. The fourth-order valence-electron chi connectivity index (χ4n) is 3.24. The van der Waals surface area contributed by atoms with Gasteiger partial charge in [0, 0.05) is 30.9 Å². The van der Waals surface area contributed by atoms with Crippen molar-refractivity contribution in [3.63, 3.8) is 0 Å². The molecule has 0 unspecified atom stereocenters. The minimum Gasteiger partial charge on any atom is -0.376 e. The summed E-state index contributed by atoms with van der Waals surface area (Å²) in [7, 11) is 0. The van der Waals surface area contributed by atoms with Crippen LogP contribution >= 0.6 is 0 Å². The van der Waals surface area contributed by atoms with Crippen molar-refractivity contribution in [2.45, 2.75) is 32.3 Å². The third-order valence-corrected chi connectivity index (χ3v) is 4.60. The highest BCUT2D eigenvalue weighted by Crippen LogP contribution is 2.26. The Morgan fingerprint density at radius 2 is 2.21 bits per heavy atom. The van der Waals surface area contributed by atoms with Crippen molar-refractivity contribution in [3.05, 3.63) is 53.9 Å². The van der Waals surface area contributed by atoms with Gasteiger partial charge in [0.15, 0.2) is 0 Å². The first-order valence-corrected chi connectivity index (χ1v) is 8.64. The molecule has 128 valence electrons. The molecule has 1 aliphatic heterocycles. The second-order valence-corrected chi connectivity index (χ2v) is 6.54. The summed E-state index contributed by atoms with van der Waals surface area (Å²) in [4.78, 5) is 14.7. The fraction of sp³-hybridized carbons (Fsp3) is 0.474. The van der Waals surface area contributed by atoms with Gasteiger partial charge in [-0.15, -0.1) is 0 Å². The van der Waals surface area contributed by atoms with Crippen LogP contribution in [0.25, 0.3) is 0 Å². The van der Waals surface area contributed by atoms with Crippen LogP contribution < -0.4 is 0 Å². The summed E-state index contributed by atoms with van der Waals surface area (Å²) in [6.07, 6.45) is 3.91. The average molecular weight is 327 g/mol. The Morgan fingerprint density at radius 3 is 2.96 bits per heavy atom. The van der Waals surface area contributed by atoms with E-state index in [1.165, 1.54) is 0 Å². The maximum absolute atomic E-state index is 12.7. The quantitative estimate of drug-likeness (QED) is 0.887. The van der Waals surface area contributed by atoms with E-state index in [0.29, 0.717) is 19.1 Å². The van der Waals surface area contributed by atoms with Gasteiger partial charge in [-0.25, -0.2) is 0 Å². The first-order valence-electron chi connectivity index (χ1n) is 8.64. The Balaban J connectivity index is 1.48. The molecule has 24 heavy (non-hydrogen) atoms. The molecule has 3 rings (SSSR count). The molecule has 1 amide bonds. The van der Waals surface area contributed by atoms with Crippen molar-refractivity contribution < 1.29 is 9.53 Å². The lowest BCUT2D eigenvalue weighted by molar-refractivity contribution is -0.138. The topological polar surface area (TPSA) is 58.2 Å². The van der Waals surface area contributed by atoms with Gasteiger partial charge in [-0.05, 0) is 24.5 Å². The van der Waals surface area contributed by atoms with E-state index in [1.807, 2.05) is 48.2 Å². The van der Waals surface area contributed by atoms with E-state index in [0.717, 1.165) is 37.2 Å². The van der Waals surface area contributed by atoms with Crippen molar-refractivity contribution in [1.29, 1.82) is 0 Å². The summed E-state index contributed by atoms with van der Waals surface area (Å²) in [5, 5.41) is 7.06. The van der Waals surface area contributed by atoms with E-state index >= 15 is 0 Å².